The Kier molecular flexibility index (Phi) is 2.87. The van der Waals surface area contributed by atoms with Gasteiger partial charge in [0.15, 0.2) is 22.1 Å². The van der Waals surface area contributed by atoms with Crippen LogP contribution in [0.1, 0.15) is 10.4 Å². The Morgan fingerprint density at radius 3 is 2.55 bits per heavy atom. The van der Waals surface area contributed by atoms with Crippen LogP contribution in [0, 0.1) is 11.6 Å². The van der Waals surface area contributed by atoms with Gasteiger partial charge in [0.25, 0.3) is 0 Å². The molecule has 0 aliphatic carbocycles. The number of hydrogen-bond donors (Lipinski definition) is 1. The number of nitrogens with zero attached hydrogens (tertiary/aromatic N) is 3. The lowest BCUT2D eigenvalue weighted by Gasteiger charge is -2.03. The van der Waals surface area contributed by atoms with E-state index in [1.165, 1.54) is 12.4 Å². The van der Waals surface area contributed by atoms with Gasteiger partial charge in [-0.2, -0.15) is 0 Å². The van der Waals surface area contributed by atoms with E-state index in [0.29, 0.717) is 16.5 Å². The number of halogens is 2. The van der Waals surface area contributed by atoms with Crippen molar-refractivity contribution in [2.45, 2.75) is 0 Å². The fraction of sp³-hybridized carbons (Fsp3) is 0. The van der Waals surface area contributed by atoms with E-state index in [9.17, 15) is 13.6 Å². The maximum Gasteiger partial charge on any atom is 0.336 e. The van der Waals surface area contributed by atoms with Crippen LogP contribution in [-0.2, 0) is 0 Å². The molecule has 0 radical (unpaired) electrons. The minimum absolute atomic E-state index is 0.00111. The third kappa shape index (κ3) is 1.99. The predicted molar refractivity (Wildman–Crippen MR) is 67.5 cm³/mol. The molecule has 0 spiro atoms. The molecule has 8 heteroatoms. The van der Waals surface area contributed by atoms with Crippen molar-refractivity contribution in [3.8, 4) is 10.6 Å². The fourth-order valence-corrected chi connectivity index (χ4v) is 2.59. The number of thiazole rings is 1. The normalized spacial score (nSPS) is 10.9. The molecular formula is C12H5F2N3O2S. The highest BCUT2D eigenvalue weighted by Crippen LogP contribution is 2.31. The maximum atomic E-state index is 13.3. The summed E-state index contributed by atoms with van der Waals surface area (Å²) in [5.41, 5.74) is -0.0299. The lowest BCUT2D eigenvalue weighted by atomic mass is 10.1. The maximum absolute atomic E-state index is 13.3. The van der Waals surface area contributed by atoms with Crippen molar-refractivity contribution in [2.75, 3.05) is 0 Å². The van der Waals surface area contributed by atoms with Crippen LogP contribution >= 0.6 is 11.3 Å². The topological polar surface area (TPSA) is 76.0 Å². The van der Waals surface area contributed by atoms with Gasteiger partial charge in [-0.05, 0) is 12.1 Å². The van der Waals surface area contributed by atoms with Gasteiger partial charge in [0.05, 0.1) is 5.56 Å². The van der Waals surface area contributed by atoms with Gasteiger partial charge in [0.2, 0.25) is 0 Å². The Morgan fingerprint density at radius 1 is 1.15 bits per heavy atom. The lowest BCUT2D eigenvalue weighted by molar-refractivity contribution is 0.0697. The summed E-state index contributed by atoms with van der Waals surface area (Å²) in [5, 5.41) is 9.30. The van der Waals surface area contributed by atoms with Crippen LogP contribution in [0.5, 0.6) is 0 Å². The van der Waals surface area contributed by atoms with Gasteiger partial charge in [-0.25, -0.2) is 28.5 Å². The largest absolute Gasteiger partial charge is 0.478 e. The van der Waals surface area contributed by atoms with Crippen molar-refractivity contribution in [1.29, 1.82) is 0 Å². The third-order valence-corrected chi connectivity index (χ3v) is 3.55. The molecule has 0 amide bonds. The summed E-state index contributed by atoms with van der Waals surface area (Å²) in [6, 6.07) is 1.45. The number of aromatic nitrogens is 3. The summed E-state index contributed by atoms with van der Waals surface area (Å²) in [5.74, 6) is -3.72. The molecular weight excluding hydrogens is 288 g/mol. The smallest absolute Gasteiger partial charge is 0.336 e. The highest BCUT2D eigenvalue weighted by molar-refractivity contribution is 7.21. The first kappa shape index (κ1) is 12.5. The second kappa shape index (κ2) is 4.57. The Hall–Kier alpha value is -2.48. The number of hydrogen-bond acceptors (Lipinski definition) is 5. The molecule has 0 atom stereocenters. The Morgan fingerprint density at radius 2 is 1.85 bits per heavy atom. The van der Waals surface area contributed by atoms with Crippen molar-refractivity contribution >= 4 is 27.8 Å². The molecule has 0 bridgehead atoms. The Balaban J connectivity index is 2.27. The zero-order chi connectivity index (χ0) is 14.3. The minimum atomic E-state index is -1.36. The number of carbonyl (C=O) groups is 1. The first-order chi connectivity index (χ1) is 9.56. The predicted octanol–water partition coefficient (Wildman–Crippen LogP) is 2.73. The molecule has 5 nitrogen and oxygen atoms in total. The molecule has 0 saturated heterocycles. The molecule has 1 N–H and O–H groups in total. The summed E-state index contributed by atoms with van der Waals surface area (Å²) in [4.78, 5) is 23.7. The number of carboxylic acid groups (broad SMARTS) is 1. The van der Waals surface area contributed by atoms with Gasteiger partial charge in [-0.3, -0.25) is 0 Å². The molecule has 0 fully saturated rings. The lowest BCUT2D eigenvalue weighted by Crippen LogP contribution is -2.02. The van der Waals surface area contributed by atoms with Crippen LogP contribution in [0.3, 0.4) is 0 Å². The zero-order valence-corrected chi connectivity index (χ0v) is 10.5. The summed E-state index contributed by atoms with van der Waals surface area (Å²) >= 11 is 1.06. The van der Waals surface area contributed by atoms with E-state index in [-0.39, 0.29) is 16.1 Å². The van der Waals surface area contributed by atoms with Crippen molar-refractivity contribution < 1.29 is 18.7 Å². The SMILES string of the molecule is O=C(O)c1cc(F)c(F)cc1-c1nc2nccnc2s1. The van der Waals surface area contributed by atoms with Crippen LogP contribution in [-0.4, -0.2) is 26.0 Å². The quantitative estimate of drug-likeness (QED) is 0.786. The Labute approximate surface area is 114 Å². The zero-order valence-electron chi connectivity index (χ0n) is 9.67. The number of rotatable bonds is 2. The number of aromatic carboxylic acids is 1. The second-order valence-corrected chi connectivity index (χ2v) is 4.80. The van der Waals surface area contributed by atoms with E-state index in [0.717, 1.165) is 17.4 Å². The van der Waals surface area contributed by atoms with Gasteiger partial charge >= 0.3 is 5.97 Å². The number of fused-ring (bicyclic) bond motifs is 1. The van der Waals surface area contributed by atoms with Gasteiger partial charge in [-0.1, -0.05) is 11.3 Å². The van der Waals surface area contributed by atoms with Gasteiger partial charge < -0.3 is 5.11 Å². The van der Waals surface area contributed by atoms with Crippen LogP contribution in [0.2, 0.25) is 0 Å². The van der Waals surface area contributed by atoms with Crippen LogP contribution in [0.15, 0.2) is 24.5 Å². The second-order valence-electron chi connectivity index (χ2n) is 3.82. The van der Waals surface area contributed by atoms with Crippen LogP contribution in [0.4, 0.5) is 8.78 Å². The molecule has 3 rings (SSSR count). The standard InChI is InChI=1S/C12H5F2N3O2S/c13-7-3-5(6(12(18)19)4-8(7)14)10-17-9-11(20-10)16-2-1-15-9/h1-4H,(H,18,19). The first-order valence-electron chi connectivity index (χ1n) is 5.36. The highest BCUT2D eigenvalue weighted by atomic mass is 32.1. The third-order valence-electron chi connectivity index (χ3n) is 2.57. The summed E-state index contributed by atoms with van der Waals surface area (Å²) in [6.45, 7) is 0. The molecule has 3 aromatic rings. The molecule has 0 aliphatic heterocycles. The van der Waals surface area contributed by atoms with Gasteiger partial charge in [0, 0.05) is 18.0 Å². The average Bonchev–Trinajstić information content (AvgIpc) is 2.84. The van der Waals surface area contributed by atoms with Crippen molar-refractivity contribution in [2.24, 2.45) is 0 Å². The minimum Gasteiger partial charge on any atom is -0.478 e. The molecule has 0 saturated carbocycles. The Bertz CT molecular complexity index is 802. The van der Waals surface area contributed by atoms with E-state index in [2.05, 4.69) is 15.0 Å². The molecule has 0 unspecified atom stereocenters. The monoisotopic (exact) mass is 293 g/mol. The molecule has 2 aromatic heterocycles. The highest BCUT2D eigenvalue weighted by Gasteiger charge is 2.19. The molecule has 20 heavy (non-hydrogen) atoms. The van der Waals surface area contributed by atoms with E-state index in [4.69, 9.17) is 5.11 Å². The van der Waals surface area contributed by atoms with Gasteiger partial charge in [-0.15, -0.1) is 0 Å². The van der Waals surface area contributed by atoms with Crippen molar-refractivity contribution in [3.05, 3.63) is 41.7 Å². The fourth-order valence-electron chi connectivity index (χ4n) is 1.69. The van der Waals surface area contributed by atoms with Crippen molar-refractivity contribution in [1.82, 2.24) is 15.0 Å². The molecule has 100 valence electrons. The van der Waals surface area contributed by atoms with Crippen LogP contribution in [0.25, 0.3) is 21.0 Å². The summed E-state index contributed by atoms with van der Waals surface area (Å²) < 4.78 is 26.5. The molecule has 0 aliphatic rings. The van der Waals surface area contributed by atoms with Crippen molar-refractivity contribution in [3.63, 3.8) is 0 Å². The van der Waals surface area contributed by atoms with E-state index >= 15 is 0 Å². The summed E-state index contributed by atoms with van der Waals surface area (Å²) in [6.07, 6.45) is 2.91. The average molecular weight is 293 g/mol. The van der Waals surface area contributed by atoms with Gasteiger partial charge in [0.1, 0.15) is 5.01 Å². The number of benzene rings is 1. The molecule has 2 heterocycles. The molecule has 1 aromatic carbocycles. The van der Waals surface area contributed by atoms with E-state index < -0.39 is 17.6 Å². The first-order valence-corrected chi connectivity index (χ1v) is 6.18. The van der Waals surface area contributed by atoms with E-state index in [1.54, 1.807) is 0 Å². The number of carboxylic acids is 1. The van der Waals surface area contributed by atoms with Crippen LogP contribution < -0.4 is 0 Å². The summed E-state index contributed by atoms with van der Waals surface area (Å²) in [7, 11) is 0. The van der Waals surface area contributed by atoms with E-state index in [1.807, 2.05) is 0 Å².